The molecule has 5 aromatic rings. The minimum atomic E-state index is -1.37. The van der Waals surface area contributed by atoms with E-state index in [1.54, 1.807) is 0 Å². The van der Waals surface area contributed by atoms with Gasteiger partial charge in [0.2, 0.25) is 0 Å². The van der Waals surface area contributed by atoms with E-state index >= 15 is 0 Å². The van der Waals surface area contributed by atoms with Crippen LogP contribution in [0.4, 0.5) is 0 Å². The van der Waals surface area contributed by atoms with Gasteiger partial charge in [-0.25, -0.2) is 0 Å². The molecule has 3 aromatic carbocycles. The van der Waals surface area contributed by atoms with E-state index in [0.29, 0.717) is 5.92 Å². The largest absolute Gasteiger partial charge is 0.305 e. The van der Waals surface area contributed by atoms with Crippen LogP contribution in [0.25, 0.3) is 33.6 Å². The molecule has 0 saturated carbocycles. The summed E-state index contributed by atoms with van der Waals surface area (Å²) >= 11 is 0. The second kappa shape index (κ2) is 15.0. The van der Waals surface area contributed by atoms with Crippen molar-refractivity contribution in [2.24, 2.45) is 5.41 Å². The third kappa shape index (κ3) is 9.93. The van der Waals surface area contributed by atoms with Crippen LogP contribution in [0.15, 0.2) is 103 Å². The summed E-state index contributed by atoms with van der Waals surface area (Å²) in [5, 5.41) is 1.48. The monoisotopic (exact) mass is 761 g/mol. The molecule has 4 heteroatoms. The van der Waals surface area contributed by atoms with Gasteiger partial charge in [0, 0.05) is 32.5 Å². The molecule has 0 saturated heterocycles. The standard InChI is InChI=1S/C20H18N.C19H26NSi.Ir/c1-15(2)16-8-10-17(11-9-16)19-12-13-21-20(14-19)18-6-4-3-5-7-18;1-19(2,3)13-16-12-17(15-10-8-7-9-11-15)20-14-18(16)21(4,5)6;/h3-6,8-15H,1-2H3;7-10,12,14H,13H2,1-6H3;/q2*-1;. The molecule has 0 atom stereocenters. The summed E-state index contributed by atoms with van der Waals surface area (Å²) in [7, 11) is -1.37. The van der Waals surface area contributed by atoms with Crippen LogP contribution >= 0.6 is 0 Å². The third-order valence-corrected chi connectivity index (χ3v) is 9.23. The zero-order chi connectivity index (χ0) is 30.3. The summed E-state index contributed by atoms with van der Waals surface area (Å²) in [5.41, 5.74) is 9.62. The fourth-order valence-corrected chi connectivity index (χ4v) is 6.54. The van der Waals surface area contributed by atoms with Crippen LogP contribution < -0.4 is 5.19 Å². The van der Waals surface area contributed by atoms with Crippen molar-refractivity contribution in [1.82, 2.24) is 9.97 Å². The molecule has 0 N–H and O–H groups in total. The normalized spacial score (nSPS) is 11.4. The zero-order valence-electron chi connectivity index (χ0n) is 26.8. The van der Waals surface area contributed by atoms with E-state index in [1.165, 1.54) is 27.4 Å². The van der Waals surface area contributed by atoms with E-state index < -0.39 is 8.07 Å². The molecule has 0 fully saturated rings. The van der Waals surface area contributed by atoms with Crippen LogP contribution in [0.5, 0.6) is 0 Å². The number of hydrogen-bond acceptors (Lipinski definition) is 2. The van der Waals surface area contributed by atoms with E-state index in [-0.39, 0.29) is 25.5 Å². The van der Waals surface area contributed by atoms with E-state index in [9.17, 15) is 0 Å². The Balaban J connectivity index is 0.000000230. The van der Waals surface area contributed by atoms with Crippen LogP contribution in [-0.2, 0) is 26.5 Å². The van der Waals surface area contributed by atoms with Crippen LogP contribution in [0.3, 0.4) is 0 Å². The molecule has 0 spiro atoms. The van der Waals surface area contributed by atoms with E-state index in [1.807, 2.05) is 48.7 Å². The summed E-state index contributed by atoms with van der Waals surface area (Å²) < 4.78 is 0. The molecule has 0 amide bonds. The average Bonchev–Trinajstić information content (AvgIpc) is 2.97. The van der Waals surface area contributed by atoms with Gasteiger partial charge in [0.25, 0.3) is 0 Å². The van der Waals surface area contributed by atoms with Gasteiger partial charge in [-0.05, 0) is 57.1 Å². The SMILES string of the molecule is CC(C)(C)Cc1cc(-c2[c-]cccc2)ncc1[Si](C)(C)C.CC(C)c1ccc(-c2ccnc(-c3[c-]cccc3)c2)cc1.[Ir]. The molecule has 0 aliphatic rings. The second-order valence-corrected chi connectivity index (χ2v) is 18.5. The minimum absolute atomic E-state index is 0. The molecule has 0 bridgehead atoms. The topological polar surface area (TPSA) is 25.8 Å². The first-order chi connectivity index (χ1) is 19.9. The summed E-state index contributed by atoms with van der Waals surface area (Å²) in [5.74, 6) is 0.561. The van der Waals surface area contributed by atoms with Crippen molar-refractivity contribution in [3.8, 4) is 33.6 Å². The molecular formula is C39H44IrN2Si-2. The van der Waals surface area contributed by atoms with Crippen LogP contribution in [0, 0.1) is 17.5 Å². The van der Waals surface area contributed by atoms with Crippen molar-refractivity contribution in [2.45, 2.75) is 66.6 Å². The first-order valence-corrected chi connectivity index (χ1v) is 18.4. The molecule has 2 aromatic heterocycles. The van der Waals surface area contributed by atoms with E-state index in [4.69, 9.17) is 4.98 Å². The first kappa shape index (κ1) is 34.3. The number of nitrogens with zero attached hydrogens (tertiary/aromatic N) is 2. The maximum Gasteiger partial charge on any atom is 0.0798 e. The number of pyridine rings is 2. The van der Waals surface area contributed by atoms with Gasteiger partial charge in [-0.2, -0.15) is 0 Å². The smallest absolute Gasteiger partial charge is 0.0798 e. The zero-order valence-corrected chi connectivity index (χ0v) is 30.2. The van der Waals surface area contributed by atoms with Crippen molar-refractivity contribution in [1.29, 1.82) is 0 Å². The Morgan fingerprint density at radius 2 is 1.30 bits per heavy atom. The van der Waals surface area contributed by atoms with Gasteiger partial charge in [0.1, 0.15) is 0 Å². The molecule has 0 aliphatic heterocycles. The van der Waals surface area contributed by atoms with Crippen molar-refractivity contribution in [2.75, 3.05) is 0 Å². The third-order valence-electron chi connectivity index (χ3n) is 7.16. The minimum Gasteiger partial charge on any atom is -0.305 e. The molecule has 0 aliphatic carbocycles. The van der Waals surface area contributed by atoms with Crippen molar-refractivity contribution in [3.05, 3.63) is 127 Å². The fourth-order valence-electron chi connectivity index (χ4n) is 4.96. The predicted octanol–water partition coefficient (Wildman–Crippen LogP) is 10.0. The van der Waals surface area contributed by atoms with Crippen LogP contribution in [0.1, 0.15) is 51.7 Å². The number of hydrogen-bond donors (Lipinski definition) is 0. The Hall–Kier alpha value is -3.17. The molecule has 43 heavy (non-hydrogen) atoms. The molecule has 2 heterocycles. The van der Waals surface area contributed by atoms with Gasteiger partial charge < -0.3 is 9.97 Å². The maximum absolute atomic E-state index is 4.71. The van der Waals surface area contributed by atoms with Crippen LogP contribution in [0.2, 0.25) is 19.6 Å². The quantitative estimate of drug-likeness (QED) is 0.127. The van der Waals surface area contributed by atoms with Gasteiger partial charge in [-0.1, -0.05) is 96.2 Å². The predicted molar refractivity (Wildman–Crippen MR) is 183 cm³/mol. The van der Waals surface area contributed by atoms with E-state index in [0.717, 1.165) is 28.9 Å². The van der Waals surface area contributed by atoms with E-state index in [2.05, 4.69) is 126 Å². The van der Waals surface area contributed by atoms with Gasteiger partial charge in [-0.15, -0.1) is 71.8 Å². The van der Waals surface area contributed by atoms with Crippen molar-refractivity contribution >= 4 is 13.3 Å². The van der Waals surface area contributed by atoms with Gasteiger partial charge in [0.15, 0.2) is 0 Å². The average molecular weight is 761 g/mol. The maximum atomic E-state index is 4.71. The van der Waals surface area contributed by atoms with Crippen molar-refractivity contribution in [3.63, 3.8) is 0 Å². The summed E-state index contributed by atoms with van der Waals surface area (Å²) in [6, 6.07) is 37.7. The Labute approximate surface area is 274 Å². The number of rotatable bonds is 6. The Bertz CT molecular complexity index is 1570. The molecular weight excluding hydrogens is 717 g/mol. The van der Waals surface area contributed by atoms with Crippen LogP contribution in [-0.4, -0.2) is 18.0 Å². The fraction of sp³-hybridized carbons (Fsp3) is 0.282. The van der Waals surface area contributed by atoms with Gasteiger partial charge in [-0.3, -0.25) is 0 Å². The molecule has 225 valence electrons. The van der Waals surface area contributed by atoms with Gasteiger partial charge >= 0.3 is 0 Å². The summed E-state index contributed by atoms with van der Waals surface area (Å²) in [6.45, 7) is 18.5. The molecule has 2 nitrogen and oxygen atoms in total. The Kier molecular flexibility index (Phi) is 12.0. The number of benzene rings is 3. The van der Waals surface area contributed by atoms with Crippen molar-refractivity contribution < 1.29 is 20.1 Å². The van der Waals surface area contributed by atoms with Gasteiger partial charge in [0.05, 0.1) is 8.07 Å². The summed E-state index contributed by atoms with van der Waals surface area (Å²) in [6.07, 6.45) is 5.07. The number of aromatic nitrogens is 2. The second-order valence-electron chi connectivity index (χ2n) is 13.5. The Morgan fingerprint density at radius 3 is 1.79 bits per heavy atom. The Morgan fingerprint density at radius 1 is 0.721 bits per heavy atom. The first-order valence-electron chi connectivity index (χ1n) is 14.9. The molecule has 5 rings (SSSR count). The summed E-state index contributed by atoms with van der Waals surface area (Å²) in [4.78, 5) is 9.16. The molecule has 0 unspecified atom stereocenters. The molecule has 1 radical (unpaired) electrons.